The van der Waals surface area contributed by atoms with Gasteiger partial charge in [0.2, 0.25) is 11.8 Å². The number of aromatic carboxylic acids is 1. The van der Waals surface area contributed by atoms with Crippen LogP contribution in [0.15, 0.2) is 0 Å². The molecule has 0 spiro atoms. The molecule has 0 radical (unpaired) electrons. The van der Waals surface area contributed by atoms with Gasteiger partial charge in [0.25, 0.3) is 0 Å². The summed E-state index contributed by atoms with van der Waals surface area (Å²) in [6.45, 7) is 1.51. The number of carbonyl (C=O) groups is 2. The van der Waals surface area contributed by atoms with Gasteiger partial charge in [0, 0.05) is 18.8 Å². The zero-order valence-electron chi connectivity index (χ0n) is 10.1. The summed E-state index contributed by atoms with van der Waals surface area (Å²) < 4.78 is 29.9. The van der Waals surface area contributed by atoms with E-state index in [0.717, 1.165) is 11.5 Å². The van der Waals surface area contributed by atoms with Crippen LogP contribution in [0.25, 0.3) is 0 Å². The number of aryl methyl sites for hydroxylation is 1. The molecular weight excluding hydrogens is 278 g/mol. The molecule has 1 aliphatic carbocycles. The summed E-state index contributed by atoms with van der Waals surface area (Å²) in [5.41, 5.74) is 0.215. The maximum absolute atomic E-state index is 13.0. The number of carboxylic acid groups (broad SMARTS) is 1. The van der Waals surface area contributed by atoms with E-state index in [1.807, 2.05) is 0 Å². The van der Waals surface area contributed by atoms with Crippen molar-refractivity contribution >= 4 is 28.4 Å². The van der Waals surface area contributed by atoms with Crippen LogP contribution in [0.4, 0.5) is 13.8 Å². The lowest BCUT2D eigenvalue weighted by atomic mass is 10.1. The lowest BCUT2D eigenvalue weighted by molar-refractivity contribution is -0.120. The Morgan fingerprint density at radius 3 is 2.74 bits per heavy atom. The van der Waals surface area contributed by atoms with E-state index in [0.29, 0.717) is 5.69 Å². The Labute approximate surface area is 111 Å². The number of hydrogen-bond acceptors (Lipinski definition) is 4. The predicted octanol–water partition coefficient (Wildman–Crippen LogP) is 2.52. The third kappa shape index (κ3) is 2.89. The highest BCUT2D eigenvalue weighted by atomic mass is 32.1. The highest BCUT2D eigenvalue weighted by Gasteiger charge is 2.42. The van der Waals surface area contributed by atoms with Crippen LogP contribution < -0.4 is 5.32 Å². The number of nitrogens with one attached hydrogen (secondary N) is 1. The summed E-state index contributed by atoms with van der Waals surface area (Å²) >= 11 is 0.841. The van der Waals surface area contributed by atoms with Crippen molar-refractivity contribution in [2.75, 3.05) is 5.32 Å². The van der Waals surface area contributed by atoms with Crippen molar-refractivity contribution in [2.45, 2.75) is 32.1 Å². The van der Waals surface area contributed by atoms with Gasteiger partial charge < -0.3 is 10.4 Å². The average Bonchev–Trinajstić information content (AvgIpc) is 2.82. The van der Waals surface area contributed by atoms with Gasteiger partial charge in [0.1, 0.15) is 10.6 Å². The first-order chi connectivity index (χ1) is 8.80. The summed E-state index contributed by atoms with van der Waals surface area (Å²) in [6, 6.07) is 0. The molecule has 104 valence electrons. The molecular formula is C11H12F2N2O3S. The monoisotopic (exact) mass is 290 g/mol. The maximum atomic E-state index is 13.0. The molecule has 1 aromatic rings. The summed E-state index contributed by atoms with van der Waals surface area (Å²) in [5.74, 6) is -5.35. The minimum absolute atomic E-state index is 0.0805. The molecule has 1 amide bonds. The zero-order valence-corrected chi connectivity index (χ0v) is 10.9. The second kappa shape index (κ2) is 4.84. The average molecular weight is 290 g/mol. The lowest BCUT2D eigenvalue weighted by Gasteiger charge is -2.10. The number of halogens is 2. The molecule has 0 bridgehead atoms. The Balaban J connectivity index is 2.10. The largest absolute Gasteiger partial charge is 0.478 e. The quantitative estimate of drug-likeness (QED) is 0.896. The van der Waals surface area contributed by atoms with E-state index >= 15 is 0 Å². The number of nitrogens with zero attached hydrogens (tertiary/aromatic N) is 1. The molecule has 5 nitrogen and oxygen atoms in total. The molecule has 1 aliphatic rings. The molecule has 19 heavy (non-hydrogen) atoms. The van der Waals surface area contributed by atoms with Crippen LogP contribution in [0.3, 0.4) is 0 Å². The fraction of sp³-hybridized carbons (Fsp3) is 0.545. The molecule has 1 atom stereocenters. The number of amides is 1. The summed E-state index contributed by atoms with van der Waals surface area (Å²) in [5, 5.41) is 11.5. The van der Waals surface area contributed by atoms with Gasteiger partial charge in [-0.3, -0.25) is 4.79 Å². The second-order valence-corrected chi connectivity index (χ2v) is 5.34. The lowest BCUT2D eigenvalue weighted by Crippen LogP contribution is -2.23. The molecule has 1 fully saturated rings. The van der Waals surface area contributed by atoms with Crippen LogP contribution in [-0.2, 0) is 4.79 Å². The summed E-state index contributed by atoms with van der Waals surface area (Å²) in [6.07, 6.45) is -0.684. The van der Waals surface area contributed by atoms with Crippen LogP contribution in [0.2, 0.25) is 0 Å². The van der Waals surface area contributed by atoms with Crippen LogP contribution in [-0.4, -0.2) is 27.3 Å². The number of carboxylic acids is 1. The molecule has 0 aromatic carbocycles. The third-order valence-corrected chi connectivity index (χ3v) is 3.94. The number of aromatic nitrogens is 1. The van der Waals surface area contributed by atoms with Gasteiger partial charge in [-0.2, -0.15) is 4.37 Å². The molecule has 2 rings (SSSR count). The number of carbonyl (C=O) groups excluding carboxylic acids is 1. The van der Waals surface area contributed by atoms with Gasteiger partial charge in [-0.15, -0.1) is 0 Å². The van der Waals surface area contributed by atoms with Gasteiger partial charge in [0.15, 0.2) is 0 Å². The van der Waals surface area contributed by atoms with Gasteiger partial charge in [-0.1, -0.05) is 0 Å². The van der Waals surface area contributed by atoms with E-state index in [9.17, 15) is 18.4 Å². The topological polar surface area (TPSA) is 79.3 Å². The minimum Gasteiger partial charge on any atom is -0.478 e. The molecule has 1 unspecified atom stereocenters. The molecule has 0 saturated heterocycles. The molecule has 0 aliphatic heterocycles. The first kappa shape index (κ1) is 13.9. The Morgan fingerprint density at radius 2 is 2.21 bits per heavy atom. The van der Waals surface area contributed by atoms with Gasteiger partial charge in [-0.25, -0.2) is 13.6 Å². The van der Waals surface area contributed by atoms with Crippen molar-refractivity contribution in [1.29, 1.82) is 0 Å². The Bertz CT molecular complexity index is 530. The Hall–Kier alpha value is -1.57. The van der Waals surface area contributed by atoms with Crippen LogP contribution in [0, 0.1) is 12.8 Å². The zero-order chi connectivity index (χ0) is 14.2. The number of rotatable bonds is 3. The van der Waals surface area contributed by atoms with Crippen molar-refractivity contribution in [3.63, 3.8) is 0 Å². The van der Waals surface area contributed by atoms with E-state index in [2.05, 4.69) is 9.69 Å². The van der Waals surface area contributed by atoms with E-state index in [-0.39, 0.29) is 23.4 Å². The van der Waals surface area contributed by atoms with Crippen molar-refractivity contribution in [3.8, 4) is 0 Å². The summed E-state index contributed by atoms with van der Waals surface area (Å²) in [7, 11) is 0. The molecule has 2 N–H and O–H groups in total. The van der Waals surface area contributed by atoms with Crippen molar-refractivity contribution in [1.82, 2.24) is 4.37 Å². The Kier molecular flexibility index (Phi) is 3.53. The van der Waals surface area contributed by atoms with Crippen molar-refractivity contribution in [3.05, 3.63) is 11.3 Å². The fourth-order valence-electron chi connectivity index (χ4n) is 2.09. The number of anilines is 1. The molecule has 1 aromatic heterocycles. The molecule has 8 heteroatoms. The van der Waals surface area contributed by atoms with E-state index in [1.54, 1.807) is 0 Å². The Morgan fingerprint density at radius 1 is 1.53 bits per heavy atom. The van der Waals surface area contributed by atoms with E-state index in [4.69, 9.17) is 5.11 Å². The van der Waals surface area contributed by atoms with Crippen molar-refractivity contribution < 1.29 is 23.5 Å². The smallest absolute Gasteiger partial charge is 0.340 e. The first-order valence-electron chi connectivity index (χ1n) is 5.68. The van der Waals surface area contributed by atoms with Gasteiger partial charge in [-0.05, 0) is 24.9 Å². The maximum Gasteiger partial charge on any atom is 0.340 e. The van der Waals surface area contributed by atoms with E-state index < -0.39 is 30.1 Å². The van der Waals surface area contributed by atoms with Crippen LogP contribution >= 0.6 is 11.5 Å². The highest BCUT2D eigenvalue weighted by Crippen LogP contribution is 2.39. The third-order valence-electron chi connectivity index (χ3n) is 3.09. The predicted molar refractivity (Wildman–Crippen MR) is 64.7 cm³/mol. The fourth-order valence-corrected chi connectivity index (χ4v) is 2.89. The second-order valence-electron chi connectivity index (χ2n) is 4.56. The van der Waals surface area contributed by atoms with Crippen LogP contribution in [0.5, 0.6) is 0 Å². The number of hydrogen-bond donors (Lipinski definition) is 2. The normalized spacial score (nSPS) is 21.3. The van der Waals surface area contributed by atoms with Crippen LogP contribution in [0.1, 0.15) is 35.3 Å². The molecule has 1 heterocycles. The number of alkyl halides is 2. The van der Waals surface area contributed by atoms with Gasteiger partial charge in [0.05, 0.1) is 5.69 Å². The molecule has 1 saturated carbocycles. The first-order valence-corrected chi connectivity index (χ1v) is 6.46. The minimum atomic E-state index is -2.80. The van der Waals surface area contributed by atoms with Crippen molar-refractivity contribution in [2.24, 2.45) is 5.92 Å². The highest BCUT2D eigenvalue weighted by molar-refractivity contribution is 7.11. The standard InChI is InChI=1S/C11H12F2N2O3S/c1-5-7(10(17)18)9(19-15-5)14-8(16)6-2-3-11(12,13)4-6/h6H,2-4H2,1H3,(H,14,16)(H,17,18). The summed E-state index contributed by atoms with van der Waals surface area (Å²) in [4.78, 5) is 22.8. The van der Waals surface area contributed by atoms with Gasteiger partial charge >= 0.3 is 5.97 Å². The SMILES string of the molecule is Cc1nsc(NC(=O)C2CCC(F)(F)C2)c1C(=O)O. The van der Waals surface area contributed by atoms with E-state index in [1.165, 1.54) is 6.92 Å².